The molecule has 0 atom stereocenters. The molecule has 0 aromatic heterocycles. The monoisotopic (exact) mass is 470 g/mol. The van der Waals surface area contributed by atoms with Crippen LogP contribution in [0.15, 0.2) is 42.5 Å². The summed E-state index contributed by atoms with van der Waals surface area (Å²) in [6.45, 7) is 4.96. The van der Waals surface area contributed by atoms with Crippen LogP contribution in [0.5, 0.6) is 11.5 Å². The van der Waals surface area contributed by atoms with Crippen molar-refractivity contribution < 1.29 is 18.7 Å². The fourth-order valence-corrected chi connectivity index (χ4v) is 3.99. The van der Waals surface area contributed by atoms with E-state index in [1.165, 1.54) is 63.9 Å². The van der Waals surface area contributed by atoms with E-state index in [0.29, 0.717) is 24.5 Å². The average molecular weight is 471 g/mol. The van der Waals surface area contributed by atoms with Crippen molar-refractivity contribution in [1.82, 2.24) is 0 Å². The first-order chi connectivity index (χ1) is 16.6. The summed E-state index contributed by atoms with van der Waals surface area (Å²) in [6.07, 6.45) is 15.7. The Hall–Kier alpha value is -2.36. The summed E-state index contributed by atoms with van der Waals surface area (Å²) in [5, 5.41) is 0. The molecule has 0 radical (unpaired) electrons. The third-order valence-corrected chi connectivity index (χ3v) is 6.09. The highest BCUT2D eigenvalue weighted by molar-refractivity contribution is 5.73. The van der Waals surface area contributed by atoms with E-state index >= 15 is 0 Å². The molecule has 2 rings (SSSR count). The fraction of sp³-hybridized carbons (Fsp3) is 0.567. The lowest BCUT2D eigenvalue weighted by molar-refractivity contribution is -0.134. The highest BCUT2D eigenvalue weighted by Gasteiger charge is 2.08. The number of hydrogen-bond acceptors (Lipinski definition) is 3. The molecule has 0 spiro atoms. The molecule has 0 saturated carbocycles. The number of benzene rings is 2. The van der Waals surface area contributed by atoms with E-state index in [2.05, 4.69) is 13.8 Å². The molecule has 0 unspecified atom stereocenters. The number of halogens is 1. The molecule has 0 aliphatic rings. The van der Waals surface area contributed by atoms with Gasteiger partial charge >= 0.3 is 5.97 Å². The van der Waals surface area contributed by atoms with Crippen LogP contribution in [0.25, 0.3) is 11.1 Å². The Balaban J connectivity index is 1.73. The van der Waals surface area contributed by atoms with Gasteiger partial charge in [-0.05, 0) is 48.2 Å². The third-order valence-electron chi connectivity index (χ3n) is 6.09. The summed E-state index contributed by atoms with van der Waals surface area (Å²) >= 11 is 0. The van der Waals surface area contributed by atoms with Gasteiger partial charge in [-0.15, -0.1) is 0 Å². The van der Waals surface area contributed by atoms with E-state index in [4.69, 9.17) is 9.47 Å². The van der Waals surface area contributed by atoms with E-state index in [9.17, 15) is 9.18 Å². The second-order valence-corrected chi connectivity index (χ2v) is 9.13. The SMILES string of the molecule is CCCCCCCCCC(=O)Oc1ccc(-c2ccc(OCCCCCCCC)c(F)c2)cc1. The second-order valence-electron chi connectivity index (χ2n) is 9.13. The zero-order valence-electron chi connectivity index (χ0n) is 21.3. The molecule has 0 aliphatic heterocycles. The van der Waals surface area contributed by atoms with E-state index in [0.717, 1.165) is 36.8 Å². The molecule has 0 saturated heterocycles. The maximum Gasteiger partial charge on any atom is 0.311 e. The smallest absolute Gasteiger partial charge is 0.311 e. The van der Waals surface area contributed by atoms with Gasteiger partial charge < -0.3 is 9.47 Å². The molecule has 3 nitrogen and oxygen atoms in total. The van der Waals surface area contributed by atoms with Gasteiger partial charge in [0.15, 0.2) is 11.6 Å². The van der Waals surface area contributed by atoms with Gasteiger partial charge in [-0.3, -0.25) is 4.79 Å². The van der Waals surface area contributed by atoms with Gasteiger partial charge in [0.25, 0.3) is 0 Å². The Bertz CT molecular complexity index is 816. The van der Waals surface area contributed by atoms with Crippen LogP contribution in [0, 0.1) is 5.82 Å². The molecule has 0 bridgehead atoms. The molecule has 34 heavy (non-hydrogen) atoms. The zero-order chi connectivity index (χ0) is 24.4. The highest BCUT2D eigenvalue weighted by atomic mass is 19.1. The van der Waals surface area contributed by atoms with E-state index in [1.807, 2.05) is 18.2 Å². The fourth-order valence-electron chi connectivity index (χ4n) is 3.99. The van der Waals surface area contributed by atoms with Gasteiger partial charge in [-0.2, -0.15) is 0 Å². The summed E-state index contributed by atoms with van der Waals surface area (Å²) in [4.78, 5) is 12.1. The van der Waals surface area contributed by atoms with Crippen molar-refractivity contribution in [3.05, 3.63) is 48.3 Å². The lowest BCUT2D eigenvalue weighted by Crippen LogP contribution is -2.07. The Kier molecular flexibility index (Phi) is 14.0. The molecule has 188 valence electrons. The topological polar surface area (TPSA) is 35.5 Å². The number of hydrogen-bond donors (Lipinski definition) is 0. The van der Waals surface area contributed by atoms with Crippen molar-refractivity contribution >= 4 is 5.97 Å². The number of esters is 1. The van der Waals surface area contributed by atoms with E-state index < -0.39 is 0 Å². The molecule has 4 heteroatoms. The molecule has 0 aliphatic carbocycles. The standard InChI is InChI=1S/C30H43FO3/c1-3-5-7-9-11-12-14-16-30(32)34-27-20-17-25(18-21-27)26-19-22-29(28(31)24-26)33-23-15-13-10-8-6-4-2/h17-22,24H,3-16,23H2,1-2H3. The van der Waals surface area contributed by atoms with Gasteiger partial charge in [0.1, 0.15) is 5.75 Å². The molecule has 0 N–H and O–H groups in total. The Morgan fingerprint density at radius 1 is 0.706 bits per heavy atom. The van der Waals surface area contributed by atoms with Crippen molar-refractivity contribution in [2.75, 3.05) is 6.61 Å². The number of ether oxygens (including phenoxy) is 2. The summed E-state index contributed by atoms with van der Waals surface area (Å²) in [7, 11) is 0. The van der Waals surface area contributed by atoms with E-state index in [1.54, 1.807) is 18.2 Å². The van der Waals surface area contributed by atoms with Crippen LogP contribution in [-0.2, 0) is 4.79 Å². The Morgan fingerprint density at radius 3 is 1.88 bits per heavy atom. The van der Waals surface area contributed by atoms with Crippen LogP contribution in [0.4, 0.5) is 4.39 Å². The predicted octanol–water partition coefficient (Wildman–Crippen LogP) is 9.28. The number of unbranched alkanes of at least 4 members (excludes halogenated alkanes) is 11. The number of carbonyl (C=O) groups is 1. The van der Waals surface area contributed by atoms with Crippen LogP contribution in [-0.4, -0.2) is 12.6 Å². The zero-order valence-corrected chi connectivity index (χ0v) is 21.3. The Morgan fingerprint density at radius 2 is 1.26 bits per heavy atom. The maximum atomic E-state index is 14.5. The minimum absolute atomic E-state index is 0.195. The molecule has 0 heterocycles. The minimum atomic E-state index is -0.353. The summed E-state index contributed by atoms with van der Waals surface area (Å²) in [6, 6.07) is 12.3. The summed E-state index contributed by atoms with van der Waals surface area (Å²) < 4.78 is 25.6. The maximum absolute atomic E-state index is 14.5. The van der Waals surface area contributed by atoms with Crippen LogP contribution in [0.2, 0.25) is 0 Å². The molecule has 2 aromatic rings. The lowest BCUT2D eigenvalue weighted by atomic mass is 10.1. The van der Waals surface area contributed by atoms with Crippen LogP contribution in [0.3, 0.4) is 0 Å². The molecule has 2 aromatic carbocycles. The first-order valence-corrected chi connectivity index (χ1v) is 13.4. The Labute approximate surface area is 206 Å². The molecular weight excluding hydrogens is 427 g/mol. The van der Waals surface area contributed by atoms with Crippen molar-refractivity contribution in [1.29, 1.82) is 0 Å². The van der Waals surface area contributed by atoms with Crippen LogP contribution >= 0.6 is 0 Å². The summed E-state index contributed by atoms with van der Waals surface area (Å²) in [5.41, 5.74) is 1.64. The van der Waals surface area contributed by atoms with Crippen molar-refractivity contribution in [3.63, 3.8) is 0 Å². The quantitative estimate of drug-likeness (QED) is 0.124. The first-order valence-electron chi connectivity index (χ1n) is 13.4. The van der Waals surface area contributed by atoms with Gasteiger partial charge in [0, 0.05) is 6.42 Å². The van der Waals surface area contributed by atoms with Gasteiger partial charge in [-0.25, -0.2) is 4.39 Å². The summed E-state index contributed by atoms with van der Waals surface area (Å²) in [5.74, 6) is 0.275. The normalized spacial score (nSPS) is 10.9. The second kappa shape index (κ2) is 17.1. The highest BCUT2D eigenvalue weighted by Crippen LogP contribution is 2.27. The lowest BCUT2D eigenvalue weighted by Gasteiger charge is -2.10. The van der Waals surface area contributed by atoms with Crippen molar-refractivity contribution in [2.45, 2.75) is 104 Å². The number of carbonyl (C=O) groups excluding carboxylic acids is 1. The predicted molar refractivity (Wildman–Crippen MR) is 139 cm³/mol. The van der Waals surface area contributed by atoms with Gasteiger partial charge in [0.05, 0.1) is 6.61 Å². The van der Waals surface area contributed by atoms with Crippen LogP contribution in [0.1, 0.15) is 104 Å². The average Bonchev–Trinajstić information content (AvgIpc) is 2.84. The minimum Gasteiger partial charge on any atom is -0.491 e. The van der Waals surface area contributed by atoms with Crippen molar-refractivity contribution in [3.8, 4) is 22.6 Å². The molecule has 0 amide bonds. The van der Waals surface area contributed by atoms with Gasteiger partial charge in [-0.1, -0.05) is 103 Å². The van der Waals surface area contributed by atoms with Crippen LogP contribution < -0.4 is 9.47 Å². The number of rotatable bonds is 18. The third kappa shape index (κ3) is 11.2. The van der Waals surface area contributed by atoms with E-state index in [-0.39, 0.29) is 11.8 Å². The van der Waals surface area contributed by atoms with Gasteiger partial charge in [0.2, 0.25) is 0 Å². The largest absolute Gasteiger partial charge is 0.491 e. The molecule has 0 fully saturated rings. The first kappa shape index (κ1) is 27.9. The van der Waals surface area contributed by atoms with Crippen molar-refractivity contribution in [2.24, 2.45) is 0 Å². The molecular formula is C30H43FO3.